The van der Waals surface area contributed by atoms with Gasteiger partial charge in [0.1, 0.15) is 6.54 Å². The van der Waals surface area contributed by atoms with Crippen LogP contribution in [0.5, 0.6) is 34.5 Å². The second kappa shape index (κ2) is 34.6. The first-order valence-corrected chi connectivity index (χ1v) is 23.4. The third kappa shape index (κ3) is 22.0. The summed E-state index contributed by atoms with van der Waals surface area (Å²) in [6, 6.07) is 23.3. The Morgan fingerprint density at radius 3 is 1.52 bits per heavy atom. The number of benzene rings is 3. The quantitative estimate of drug-likeness (QED) is 0.0320. The van der Waals surface area contributed by atoms with Gasteiger partial charge in [-0.05, 0) is 89.1 Å². The first-order chi connectivity index (χ1) is 25.5. The van der Waals surface area contributed by atoms with E-state index in [0.29, 0.717) is 32.5 Å². The third-order valence-corrected chi connectivity index (χ3v) is 10.5. The number of hydrogen-bond acceptors (Lipinski definition) is 6. The van der Waals surface area contributed by atoms with Gasteiger partial charge < -0.3 is 30.6 Å². The van der Waals surface area contributed by atoms with Crippen LogP contribution in [0, 0.1) is 0 Å². The molecule has 3 aromatic carbocycles. The molecule has 2 heterocycles. The Morgan fingerprint density at radius 2 is 1.07 bits per heavy atom. The van der Waals surface area contributed by atoms with Crippen molar-refractivity contribution in [2.75, 3.05) is 0 Å². The predicted octanol–water partition coefficient (Wildman–Crippen LogP) is 10.8. The molecule has 0 amide bonds. The van der Waals surface area contributed by atoms with E-state index in [1.807, 2.05) is 6.07 Å². The summed E-state index contributed by atoms with van der Waals surface area (Å²) in [6.07, 6.45) is 13.4. The second-order valence-corrected chi connectivity index (χ2v) is 14.4. The smallest absolute Gasteiger partial charge is 0.173 e. The zero-order valence-corrected chi connectivity index (χ0v) is 39.5. The molecule has 6 unspecified atom stereocenters. The van der Waals surface area contributed by atoms with Crippen LogP contribution >= 0.6 is 46.7 Å². The van der Waals surface area contributed by atoms with Gasteiger partial charge in [-0.25, -0.2) is 9.13 Å². The number of unbranched alkanes of at least 4 members (excludes halogenated alkanes) is 1. The standard InChI is InChI=1S/C27H34N2O2.C7H7ClO2.C6H8O2P2.3CH4.H4P2.2V/c1-4-6-13-28-14-11-25(12-15-28)23(5-2)18-21(3)24-9-16-29(17-10-24)20-22-7-8-26(30)27(31)19-22;8-4-5-1-2-6(9)7(10)3-5;7-5-2-1-4(10-9)3-6(5)8;;;;1-2;;/h7-12,14-17,19,21,23H,4-6,13,18,20H2,1-3H3;1-3,9-10H,4H2;1-3,7-8,10H,9H2;3*1H4;1-2H2;;/p+2. The first-order valence-electron chi connectivity index (χ1n) is 17.3. The third-order valence-electron chi connectivity index (χ3n) is 8.52. The summed E-state index contributed by atoms with van der Waals surface area (Å²) < 4.78 is 4.37. The van der Waals surface area contributed by atoms with Gasteiger partial charge >= 0.3 is 0 Å². The first kappa shape index (κ1) is 62.6. The Hall–Kier alpha value is -2.06. The molecule has 5 rings (SSSR count). The number of aromatic nitrogens is 2. The molecular formula is C43H67ClN2O6P4V2+2. The monoisotopic (exact) mass is 968 g/mol. The van der Waals surface area contributed by atoms with E-state index < -0.39 is 0 Å². The fraction of sp³-hybridized carbons (Fsp3) is 0.349. The van der Waals surface area contributed by atoms with Crippen LogP contribution < -0.4 is 14.4 Å². The molecule has 0 aliphatic carbocycles. The van der Waals surface area contributed by atoms with Gasteiger partial charge in [-0.1, -0.05) is 69.9 Å². The Morgan fingerprint density at radius 1 is 0.621 bits per heavy atom. The number of nitrogens with zero attached hydrogens (tertiary/aromatic N) is 2. The van der Waals surface area contributed by atoms with Gasteiger partial charge in [0, 0.05) is 79.2 Å². The fourth-order valence-electron chi connectivity index (χ4n) is 5.38. The van der Waals surface area contributed by atoms with Crippen LogP contribution in [0.2, 0.25) is 0 Å². The molecule has 8 nitrogen and oxygen atoms in total. The molecule has 0 saturated heterocycles. The summed E-state index contributed by atoms with van der Waals surface area (Å²) >= 11 is 5.46. The predicted molar refractivity (Wildman–Crippen MR) is 249 cm³/mol. The number of rotatable bonds is 12. The summed E-state index contributed by atoms with van der Waals surface area (Å²) in [5.41, 5.74) is 4.52. The number of hydrogen-bond donors (Lipinski definition) is 6. The zero-order valence-electron chi connectivity index (χ0n) is 31.5. The maximum absolute atomic E-state index is 9.69. The van der Waals surface area contributed by atoms with Crippen molar-refractivity contribution in [3.63, 3.8) is 0 Å². The number of halogens is 1. The van der Waals surface area contributed by atoms with E-state index in [1.165, 1.54) is 48.2 Å². The normalized spacial score (nSPS) is 10.7. The van der Waals surface area contributed by atoms with E-state index in [4.69, 9.17) is 32.0 Å². The maximum Gasteiger partial charge on any atom is 0.173 e. The number of pyridine rings is 2. The van der Waals surface area contributed by atoms with Crippen LogP contribution in [-0.2, 0) is 56.1 Å². The van der Waals surface area contributed by atoms with Crippen LogP contribution in [-0.4, -0.2) is 30.6 Å². The van der Waals surface area contributed by atoms with Crippen molar-refractivity contribution in [2.24, 2.45) is 0 Å². The van der Waals surface area contributed by atoms with E-state index in [-0.39, 0.29) is 93.9 Å². The molecule has 58 heavy (non-hydrogen) atoms. The Labute approximate surface area is 386 Å². The van der Waals surface area contributed by atoms with Crippen molar-refractivity contribution in [1.82, 2.24) is 0 Å². The van der Waals surface area contributed by atoms with Gasteiger partial charge in [0.05, 0.1) is 0 Å². The molecule has 0 bridgehead atoms. The maximum atomic E-state index is 9.69. The van der Waals surface area contributed by atoms with Gasteiger partial charge in [-0.2, -0.15) is 0 Å². The number of phenolic OH excluding ortho intramolecular Hbond substituents is 6. The SMILES string of the molecule is C.C.C.CCCC[n+]1ccc(C(CC)CC(C)c2cc[n+](Cc3ccc(O)c(O)c3)cc2)cc1.Oc1ccc(CCl)cc1O.Oc1ccc(PP)cc1O.PP.[V].[V]. The van der Waals surface area contributed by atoms with Crippen LogP contribution in [0.25, 0.3) is 0 Å². The van der Waals surface area contributed by atoms with Gasteiger partial charge in [0.25, 0.3) is 0 Å². The fourth-order valence-corrected chi connectivity index (χ4v) is 6.48. The van der Waals surface area contributed by atoms with Crippen molar-refractivity contribution < 1.29 is 76.9 Å². The summed E-state index contributed by atoms with van der Waals surface area (Å²) in [5, 5.41) is 55.8. The van der Waals surface area contributed by atoms with Crippen molar-refractivity contribution >= 4 is 52.0 Å². The number of phenols is 6. The largest absolute Gasteiger partial charge is 0.504 e. The van der Waals surface area contributed by atoms with Crippen LogP contribution in [0.15, 0.2) is 104 Å². The molecule has 0 spiro atoms. The van der Waals surface area contributed by atoms with Crippen LogP contribution in [0.1, 0.15) is 103 Å². The molecule has 320 valence electrons. The molecule has 6 N–H and O–H groups in total. The molecular weight excluding hydrogens is 902 g/mol. The van der Waals surface area contributed by atoms with Gasteiger partial charge in [0.2, 0.25) is 0 Å². The Balaban J connectivity index is -0.000000447. The van der Waals surface area contributed by atoms with Gasteiger partial charge in [0.15, 0.2) is 65.8 Å². The van der Waals surface area contributed by atoms with Gasteiger partial charge in [-0.15, -0.1) is 38.4 Å². The minimum Gasteiger partial charge on any atom is -0.504 e. The molecule has 0 fully saturated rings. The van der Waals surface area contributed by atoms with E-state index >= 15 is 0 Å². The molecule has 2 aromatic heterocycles. The van der Waals surface area contributed by atoms with E-state index in [1.54, 1.807) is 24.3 Å². The van der Waals surface area contributed by atoms with Crippen LogP contribution in [0.4, 0.5) is 0 Å². The molecule has 2 radical (unpaired) electrons. The molecule has 6 atom stereocenters. The van der Waals surface area contributed by atoms with E-state index in [0.717, 1.165) is 35.8 Å². The number of aryl methyl sites for hydroxylation is 1. The Kier molecular flexibility index (Phi) is 37.4. The average molecular weight is 969 g/mol. The van der Waals surface area contributed by atoms with E-state index in [2.05, 4.69) is 106 Å². The Bertz CT molecular complexity index is 1760. The molecule has 0 aliphatic heterocycles. The number of aromatic hydroxyl groups is 6. The van der Waals surface area contributed by atoms with Crippen molar-refractivity contribution in [3.05, 3.63) is 126 Å². The zero-order chi connectivity index (χ0) is 39.3. The molecule has 15 heteroatoms. The molecule has 0 aliphatic rings. The topological polar surface area (TPSA) is 129 Å². The summed E-state index contributed by atoms with van der Waals surface area (Å²) in [5.74, 6) is 0.857. The average Bonchev–Trinajstić information content (AvgIpc) is 3.18. The van der Waals surface area contributed by atoms with Crippen LogP contribution in [0.3, 0.4) is 0 Å². The van der Waals surface area contributed by atoms with Crippen molar-refractivity contribution in [2.45, 2.75) is 99.5 Å². The van der Waals surface area contributed by atoms with Crippen molar-refractivity contribution in [1.29, 1.82) is 0 Å². The summed E-state index contributed by atoms with van der Waals surface area (Å²) in [7, 11) is 7.80. The number of alkyl halides is 1. The van der Waals surface area contributed by atoms with E-state index in [9.17, 15) is 10.2 Å². The van der Waals surface area contributed by atoms with Gasteiger partial charge in [-0.3, -0.25) is 0 Å². The molecule has 5 aromatic rings. The minimum absolute atomic E-state index is 0. The van der Waals surface area contributed by atoms with Crippen molar-refractivity contribution in [3.8, 4) is 34.5 Å². The minimum atomic E-state index is -0.127. The molecule has 0 saturated carbocycles. The summed E-state index contributed by atoms with van der Waals surface area (Å²) in [4.78, 5) is 0. The second-order valence-electron chi connectivity index (χ2n) is 12.4. The summed E-state index contributed by atoms with van der Waals surface area (Å²) in [6.45, 7) is 8.57.